The van der Waals surface area contributed by atoms with E-state index in [0.717, 1.165) is 0 Å². The maximum Gasteiger partial charge on any atom is 0.266 e. The summed E-state index contributed by atoms with van der Waals surface area (Å²) in [5.74, 6) is 0.982. The SMILES string of the molecule is CC(C)c1ncc(C(=O)Nc2c(C#C[Si](C)(C)C)ccnc2N2CCC(F)(F)C2)cn1. The van der Waals surface area contributed by atoms with Crippen LogP contribution in [-0.4, -0.2) is 47.9 Å². The van der Waals surface area contributed by atoms with Crippen LogP contribution in [0.5, 0.6) is 0 Å². The van der Waals surface area contributed by atoms with Crippen LogP contribution in [0.25, 0.3) is 0 Å². The van der Waals surface area contributed by atoms with Gasteiger partial charge in [0.15, 0.2) is 5.82 Å². The smallest absolute Gasteiger partial charge is 0.266 e. The van der Waals surface area contributed by atoms with Crippen molar-refractivity contribution in [3.05, 3.63) is 41.6 Å². The summed E-state index contributed by atoms with van der Waals surface area (Å²) in [4.78, 5) is 27.2. The number of nitrogens with one attached hydrogen (secondary N) is 1. The number of carbonyl (C=O) groups is 1. The van der Waals surface area contributed by atoms with Crippen molar-refractivity contribution in [3.8, 4) is 11.5 Å². The van der Waals surface area contributed by atoms with Gasteiger partial charge in [-0.1, -0.05) is 39.4 Å². The molecule has 0 aromatic carbocycles. The lowest BCUT2D eigenvalue weighted by Crippen LogP contribution is -2.27. The molecule has 31 heavy (non-hydrogen) atoms. The fourth-order valence-electron chi connectivity index (χ4n) is 3.03. The predicted molar refractivity (Wildman–Crippen MR) is 120 cm³/mol. The Morgan fingerprint density at radius 2 is 1.90 bits per heavy atom. The van der Waals surface area contributed by atoms with Crippen LogP contribution < -0.4 is 10.2 Å². The minimum absolute atomic E-state index is 0.141. The van der Waals surface area contributed by atoms with Crippen molar-refractivity contribution in [1.82, 2.24) is 15.0 Å². The van der Waals surface area contributed by atoms with Crippen molar-refractivity contribution in [2.75, 3.05) is 23.3 Å². The molecule has 1 N–H and O–H groups in total. The van der Waals surface area contributed by atoms with E-state index in [1.165, 1.54) is 23.5 Å². The van der Waals surface area contributed by atoms with Crippen molar-refractivity contribution >= 4 is 25.5 Å². The molecule has 1 amide bonds. The van der Waals surface area contributed by atoms with Gasteiger partial charge in [-0.3, -0.25) is 4.79 Å². The molecule has 2 aromatic heterocycles. The van der Waals surface area contributed by atoms with Crippen molar-refractivity contribution in [2.24, 2.45) is 0 Å². The van der Waals surface area contributed by atoms with Crippen molar-refractivity contribution in [1.29, 1.82) is 0 Å². The Morgan fingerprint density at radius 1 is 1.23 bits per heavy atom. The van der Waals surface area contributed by atoms with E-state index >= 15 is 0 Å². The largest absolute Gasteiger partial charge is 0.349 e. The average Bonchev–Trinajstić information content (AvgIpc) is 3.06. The number of halogens is 2. The van der Waals surface area contributed by atoms with E-state index in [4.69, 9.17) is 0 Å². The summed E-state index contributed by atoms with van der Waals surface area (Å²) < 4.78 is 27.7. The number of carbonyl (C=O) groups excluding carboxylic acids is 1. The molecule has 0 radical (unpaired) electrons. The summed E-state index contributed by atoms with van der Waals surface area (Å²) in [6.45, 7) is 9.96. The summed E-state index contributed by atoms with van der Waals surface area (Å²) in [5.41, 5.74) is 4.43. The molecule has 1 fully saturated rings. The molecule has 0 unspecified atom stereocenters. The molecule has 9 heteroatoms. The first-order valence-electron chi connectivity index (χ1n) is 10.2. The highest BCUT2D eigenvalue weighted by atomic mass is 28.3. The van der Waals surface area contributed by atoms with E-state index in [9.17, 15) is 13.6 Å². The Hall–Kier alpha value is -2.86. The van der Waals surface area contributed by atoms with Gasteiger partial charge in [-0.2, -0.15) is 0 Å². The Balaban J connectivity index is 1.98. The molecule has 1 saturated heterocycles. The number of amides is 1. The highest BCUT2D eigenvalue weighted by Crippen LogP contribution is 2.35. The van der Waals surface area contributed by atoms with Gasteiger partial charge in [0.25, 0.3) is 11.8 Å². The molecule has 2 aromatic rings. The van der Waals surface area contributed by atoms with Gasteiger partial charge in [-0.15, -0.1) is 5.54 Å². The van der Waals surface area contributed by atoms with Gasteiger partial charge in [-0.05, 0) is 6.07 Å². The van der Waals surface area contributed by atoms with E-state index in [1.54, 1.807) is 6.07 Å². The monoisotopic (exact) mass is 443 g/mol. The normalized spacial score (nSPS) is 15.5. The van der Waals surface area contributed by atoms with Crippen LogP contribution in [-0.2, 0) is 0 Å². The minimum Gasteiger partial charge on any atom is -0.349 e. The summed E-state index contributed by atoms with van der Waals surface area (Å²) in [6.07, 6.45) is 4.21. The first kappa shape index (κ1) is 22.8. The second-order valence-electron chi connectivity index (χ2n) is 9.02. The lowest BCUT2D eigenvalue weighted by Gasteiger charge is -2.21. The zero-order valence-corrected chi connectivity index (χ0v) is 19.5. The Kier molecular flexibility index (Phi) is 6.41. The molecule has 3 heterocycles. The number of hydrogen-bond acceptors (Lipinski definition) is 5. The lowest BCUT2D eigenvalue weighted by molar-refractivity contribution is 0.0257. The molecular formula is C22H27F2N5OSi. The maximum absolute atomic E-state index is 13.9. The first-order valence-corrected chi connectivity index (χ1v) is 13.7. The maximum atomic E-state index is 13.9. The quantitative estimate of drug-likeness (QED) is 0.563. The molecule has 0 atom stereocenters. The van der Waals surface area contributed by atoms with Crippen molar-refractivity contribution in [2.45, 2.75) is 51.7 Å². The molecule has 1 aliphatic heterocycles. The molecule has 0 aliphatic carbocycles. The molecule has 0 spiro atoms. The molecule has 0 bridgehead atoms. The van der Waals surface area contributed by atoms with Gasteiger partial charge in [0.05, 0.1) is 17.7 Å². The topological polar surface area (TPSA) is 71.0 Å². The standard InChI is InChI=1S/C22H27F2N5OSi/c1-15(2)19-26-12-17(13-27-19)21(30)28-18-16(7-11-31(3,4)5)6-9-25-20(18)29-10-8-22(23,24)14-29/h6,9,12-13,15H,8,10,14H2,1-5H3,(H,28,30). The number of hydrogen-bond donors (Lipinski definition) is 1. The number of pyridine rings is 1. The number of nitrogens with zero attached hydrogens (tertiary/aromatic N) is 4. The van der Waals surface area contributed by atoms with Crippen molar-refractivity contribution in [3.63, 3.8) is 0 Å². The van der Waals surface area contributed by atoms with Crippen LogP contribution >= 0.6 is 0 Å². The Bertz CT molecular complexity index is 1020. The molecule has 0 saturated carbocycles. The van der Waals surface area contributed by atoms with E-state index in [-0.39, 0.29) is 24.4 Å². The van der Waals surface area contributed by atoms with Gasteiger partial charge in [0.2, 0.25) is 0 Å². The fraction of sp³-hybridized carbons (Fsp3) is 0.455. The lowest BCUT2D eigenvalue weighted by atomic mass is 10.2. The predicted octanol–water partition coefficient (Wildman–Crippen LogP) is 4.32. The van der Waals surface area contributed by atoms with Gasteiger partial charge in [0.1, 0.15) is 19.6 Å². The van der Waals surface area contributed by atoms with Crippen LogP contribution in [0.1, 0.15) is 47.9 Å². The average molecular weight is 444 g/mol. The number of rotatable bonds is 4. The third-order valence-electron chi connectivity index (χ3n) is 4.66. The third-order valence-corrected chi connectivity index (χ3v) is 5.54. The molecule has 1 aliphatic rings. The van der Waals surface area contributed by atoms with Crippen LogP contribution in [0.2, 0.25) is 19.6 Å². The van der Waals surface area contributed by atoms with Crippen molar-refractivity contribution < 1.29 is 13.6 Å². The molecule has 3 rings (SSSR count). The van der Waals surface area contributed by atoms with Crippen LogP contribution in [0.15, 0.2) is 24.7 Å². The fourth-order valence-corrected chi connectivity index (χ4v) is 3.54. The number of aromatic nitrogens is 3. The first-order chi connectivity index (χ1) is 14.5. The third kappa shape index (κ3) is 5.85. The van der Waals surface area contributed by atoms with E-state index < -0.39 is 26.4 Å². The molecule has 6 nitrogen and oxygen atoms in total. The van der Waals surface area contributed by atoms with E-state index in [0.29, 0.717) is 22.9 Å². The molecule has 164 valence electrons. The summed E-state index contributed by atoms with van der Waals surface area (Å²) in [7, 11) is -1.70. The zero-order chi connectivity index (χ0) is 22.8. The summed E-state index contributed by atoms with van der Waals surface area (Å²) in [6, 6.07) is 1.69. The summed E-state index contributed by atoms with van der Waals surface area (Å²) >= 11 is 0. The number of alkyl halides is 2. The molecular weight excluding hydrogens is 416 g/mol. The van der Waals surface area contributed by atoms with Gasteiger partial charge in [-0.25, -0.2) is 23.7 Å². The Morgan fingerprint density at radius 3 is 2.45 bits per heavy atom. The van der Waals surface area contributed by atoms with Crippen LogP contribution in [0.3, 0.4) is 0 Å². The Labute approximate surface area is 182 Å². The second-order valence-corrected chi connectivity index (χ2v) is 13.8. The number of anilines is 2. The van der Waals surface area contributed by atoms with Gasteiger partial charge in [0, 0.05) is 37.5 Å². The zero-order valence-electron chi connectivity index (χ0n) is 18.5. The minimum atomic E-state index is -2.79. The van der Waals surface area contributed by atoms with Crippen LogP contribution in [0.4, 0.5) is 20.3 Å². The van der Waals surface area contributed by atoms with Gasteiger partial charge >= 0.3 is 0 Å². The van der Waals surface area contributed by atoms with Gasteiger partial charge < -0.3 is 10.2 Å². The van der Waals surface area contributed by atoms with Crippen LogP contribution in [0, 0.1) is 11.5 Å². The van der Waals surface area contributed by atoms with E-state index in [1.807, 2.05) is 13.8 Å². The highest BCUT2D eigenvalue weighted by molar-refractivity contribution is 6.83. The van der Waals surface area contributed by atoms with E-state index in [2.05, 4.69) is 51.4 Å². The summed E-state index contributed by atoms with van der Waals surface area (Å²) in [5, 5.41) is 2.83. The second kappa shape index (κ2) is 8.71. The highest BCUT2D eigenvalue weighted by Gasteiger charge is 2.39.